The minimum absolute atomic E-state index is 0.0941. The number of thiophene rings is 1. The third kappa shape index (κ3) is 5.07. The Morgan fingerprint density at radius 3 is 2.59 bits per heavy atom. The lowest BCUT2D eigenvalue weighted by Crippen LogP contribution is -2.35. The number of anilines is 1. The number of hydrogen-bond acceptors (Lipinski definition) is 7. The van der Waals surface area contributed by atoms with E-state index in [-0.39, 0.29) is 5.91 Å². The van der Waals surface area contributed by atoms with Gasteiger partial charge in [-0.15, -0.1) is 11.3 Å². The number of amides is 1. The highest BCUT2D eigenvalue weighted by Crippen LogP contribution is 2.35. The van der Waals surface area contributed by atoms with E-state index < -0.39 is 0 Å². The van der Waals surface area contributed by atoms with E-state index in [0.717, 1.165) is 51.3 Å². The van der Waals surface area contributed by atoms with Crippen LogP contribution in [0.1, 0.15) is 33.0 Å². The molecule has 8 heteroatoms. The molecule has 0 radical (unpaired) electrons. The Bertz CT molecular complexity index is 1850. The number of benzene rings is 3. The maximum Gasteiger partial charge on any atom is 0.263 e. The average Bonchev–Trinajstić information content (AvgIpc) is 3.63. The summed E-state index contributed by atoms with van der Waals surface area (Å²) in [7, 11) is 0. The van der Waals surface area contributed by atoms with Crippen molar-refractivity contribution >= 4 is 44.9 Å². The van der Waals surface area contributed by atoms with Gasteiger partial charge in [0.15, 0.2) is 0 Å². The van der Waals surface area contributed by atoms with E-state index >= 15 is 0 Å². The molecule has 1 aliphatic rings. The molecular weight excluding hydrogens is 530 g/mol. The van der Waals surface area contributed by atoms with Crippen molar-refractivity contribution in [3.63, 3.8) is 0 Å². The maximum absolute atomic E-state index is 13.1. The van der Waals surface area contributed by atoms with Crippen LogP contribution in [0.2, 0.25) is 0 Å². The van der Waals surface area contributed by atoms with E-state index in [4.69, 9.17) is 14.5 Å². The lowest BCUT2D eigenvalue weighted by molar-refractivity contribution is 0.0772. The fraction of sp³-hybridized carbons (Fsp3) is 0.212. The Kier molecular flexibility index (Phi) is 6.68. The molecule has 3 aromatic carbocycles. The lowest BCUT2D eigenvalue weighted by Gasteiger charge is -2.23. The quantitative estimate of drug-likeness (QED) is 0.233. The third-order valence-corrected chi connectivity index (χ3v) is 8.54. The topological polar surface area (TPSA) is 75.4 Å². The van der Waals surface area contributed by atoms with Crippen LogP contribution in [0, 0.1) is 6.92 Å². The van der Waals surface area contributed by atoms with Crippen molar-refractivity contribution < 1.29 is 9.32 Å². The number of fused-ring (bicyclic) bond motifs is 2. The molecule has 0 atom stereocenters. The Hall–Kier alpha value is -4.56. The van der Waals surface area contributed by atoms with Gasteiger partial charge in [0.25, 0.3) is 11.6 Å². The minimum Gasteiger partial charge on any atom is -0.354 e. The van der Waals surface area contributed by atoms with Crippen LogP contribution < -0.4 is 4.90 Å². The predicted molar refractivity (Wildman–Crippen MR) is 164 cm³/mol. The largest absolute Gasteiger partial charge is 0.354 e. The van der Waals surface area contributed by atoms with Gasteiger partial charge in [-0.2, -0.15) is 4.98 Å². The number of hydrogen-bond donors (Lipinski definition) is 0. The highest BCUT2D eigenvalue weighted by Gasteiger charge is 2.26. The second kappa shape index (κ2) is 10.8. The second-order valence-electron chi connectivity index (χ2n) is 10.5. The first kappa shape index (κ1) is 25.4. The Balaban J connectivity index is 1.29. The highest BCUT2D eigenvalue weighted by molar-refractivity contribution is 7.12. The number of aromatic nitrogens is 3. The Morgan fingerprint density at radius 1 is 0.902 bits per heavy atom. The average molecular weight is 560 g/mol. The van der Waals surface area contributed by atoms with E-state index in [1.807, 2.05) is 34.5 Å². The molecule has 6 aromatic rings. The van der Waals surface area contributed by atoms with Gasteiger partial charge in [-0.05, 0) is 47.2 Å². The zero-order valence-electron chi connectivity index (χ0n) is 22.8. The monoisotopic (exact) mass is 559 g/mol. The summed E-state index contributed by atoms with van der Waals surface area (Å²) in [6, 6.07) is 26.9. The van der Waals surface area contributed by atoms with Crippen LogP contribution in [-0.4, -0.2) is 52.1 Å². The van der Waals surface area contributed by atoms with E-state index in [2.05, 4.69) is 71.6 Å². The van der Waals surface area contributed by atoms with Crippen LogP contribution in [-0.2, 0) is 6.42 Å². The molecule has 7 nitrogen and oxygen atoms in total. The Morgan fingerprint density at radius 2 is 1.76 bits per heavy atom. The summed E-state index contributed by atoms with van der Waals surface area (Å²) in [5.41, 5.74) is 4.53. The van der Waals surface area contributed by atoms with Gasteiger partial charge in [0, 0.05) is 38.2 Å². The number of nitrogens with zero attached hydrogens (tertiary/aromatic N) is 5. The molecule has 0 N–H and O–H groups in total. The van der Waals surface area contributed by atoms with Crippen molar-refractivity contribution in [2.75, 3.05) is 31.1 Å². The molecular formula is C33H29N5O2S. The minimum atomic E-state index is 0.0941. The molecule has 0 unspecified atom stereocenters. The molecule has 204 valence electrons. The predicted octanol–water partition coefficient (Wildman–Crippen LogP) is 6.75. The molecule has 0 spiro atoms. The van der Waals surface area contributed by atoms with Gasteiger partial charge in [-0.25, -0.2) is 4.98 Å². The maximum atomic E-state index is 13.1. The fourth-order valence-electron chi connectivity index (χ4n) is 5.50. The normalized spacial score (nSPS) is 14.1. The summed E-state index contributed by atoms with van der Waals surface area (Å²) in [4.78, 5) is 28.1. The van der Waals surface area contributed by atoms with Gasteiger partial charge in [-0.3, -0.25) is 4.79 Å². The first-order chi connectivity index (χ1) is 20.1. The van der Waals surface area contributed by atoms with Gasteiger partial charge in [0.2, 0.25) is 0 Å². The molecule has 0 aliphatic carbocycles. The summed E-state index contributed by atoms with van der Waals surface area (Å²) in [5, 5.41) is 9.59. The summed E-state index contributed by atoms with van der Waals surface area (Å²) < 4.78 is 5.89. The molecule has 1 aliphatic heterocycles. The number of carbonyl (C=O) groups is 1. The van der Waals surface area contributed by atoms with Gasteiger partial charge in [-0.1, -0.05) is 77.5 Å². The Labute approximate surface area is 242 Å². The van der Waals surface area contributed by atoms with E-state index in [0.29, 0.717) is 37.6 Å². The fourth-order valence-corrected chi connectivity index (χ4v) is 6.19. The zero-order chi connectivity index (χ0) is 27.8. The van der Waals surface area contributed by atoms with Gasteiger partial charge in [0.1, 0.15) is 22.7 Å². The summed E-state index contributed by atoms with van der Waals surface area (Å²) in [6.45, 7) is 4.84. The van der Waals surface area contributed by atoms with Crippen LogP contribution in [0.4, 0.5) is 5.82 Å². The van der Waals surface area contributed by atoms with Gasteiger partial charge < -0.3 is 14.3 Å². The number of rotatable bonds is 5. The van der Waals surface area contributed by atoms with E-state index in [9.17, 15) is 4.79 Å². The van der Waals surface area contributed by atoms with Gasteiger partial charge >= 0.3 is 0 Å². The van der Waals surface area contributed by atoms with Crippen LogP contribution in [0.3, 0.4) is 0 Å². The smallest absolute Gasteiger partial charge is 0.263 e. The molecule has 1 fully saturated rings. The molecule has 1 amide bonds. The van der Waals surface area contributed by atoms with Crippen molar-refractivity contribution in [3.05, 3.63) is 106 Å². The molecule has 1 saturated heterocycles. The zero-order valence-corrected chi connectivity index (χ0v) is 23.6. The molecule has 3 aromatic heterocycles. The lowest BCUT2D eigenvalue weighted by atomic mass is 10.0. The molecule has 4 heterocycles. The molecule has 0 saturated carbocycles. The van der Waals surface area contributed by atoms with Crippen LogP contribution in [0.15, 0.2) is 88.8 Å². The first-order valence-electron chi connectivity index (χ1n) is 13.9. The van der Waals surface area contributed by atoms with Crippen molar-refractivity contribution in [2.24, 2.45) is 0 Å². The van der Waals surface area contributed by atoms with Gasteiger partial charge in [0.05, 0.1) is 4.88 Å². The van der Waals surface area contributed by atoms with E-state index in [1.165, 1.54) is 22.3 Å². The van der Waals surface area contributed by atoms with Crippen LogP contribution in [0.5, 0.6) is 0 Å². The molecule has 41 heavy (non-hydrogen) atoms. The number of aryl methyl sites for hydroxylation is 1. The van der Waals surface area contributed by atoms with Crippen LogP contribution >= 0.6 is 11.3 Å². The number of carbonyl (C=O) groups excluding carboxylic acids is 1. The third-order valence-electron chi connectivity index (χ3n) is 7.68. The molecule has 0 bridgehead atoms. The van der Waals surface area contributed by atoms with Crippen molar-refractivity contribution in [2.45, 2.75) is 19.8 Å². The van der Waals surface area contributed by atoms with Crippen molar-refractivity contribution in [3.8, 4) is 11.3 Å². The second-order valence-corrected chi connectivity index (χ2v) is 11.5. The van der Waals surface area contributed by atoms with Crippen molar-refractivity contribution in [1.29, 1.82) is 0 Å². The van der Waals surface area contributed by atoms with E-state index in [1.54, 1.807) is 0 Å². The summed E-state index contributed by atoms with van der Waals surface area (Å²) >= 11 is 1.49. The van der Waals surface area contributed by atoms with Crippen LogP contribution in [0.25, 0.3) is 33.1 Å². The highest BCUT2D eigenvalue weighted by atomic mass is 32.1. The van der Waals surface area contributed by atoms with Crippen molar-refractivity contribution in [1.82, 2.24) is 20.0 Å². The summed E-state index contributed by atoms with van der Waals surface area (Å²) in [6.07, 6.45) is 1.43. The first-order valence-corrected chi connectivity index (χ1v) is 14.8. The summed E-state index contributed by atoms with van der Waals surface area (Å²) in [5.74, 6) is 1.59. The standard InChI is InChI=1S/C33H29N5O2S/c1-22-9-11-23(12-10-22)20-28-34-31(37-15-5-16-38(18-17-37)33(39)27-8-4-19-41-27)29-30(36-40-32(29)35-28)26-14-13-24-6-2-3-7-25(24)21-26/h2-4,6-14,19,21H,5,15-18,20H2,1H3. The SMILES string of the molecule is Cc1ccc(Cc2nc(N3CCCN(C(=O)c4cccs4)CC3)c3c(-c4ccc5ccccc5c4)noc3n2)cc1. The molecule has 7 rings (SSSR count).